The fraction of sp³-hybridized carbons (Fsp3) is 0.867. The zero-order valence-corrected chi connectivity index (χ0v) is 57.9. The number of aliphatic hydroxyl groups is 4. The molecule has 0 aromatic rings. The van der Waals surface area contributed by atoms with Gasteiger partial charge in [-0.1, -0.05) is 43.9 Å². The molecule has 0 radical (unpaired) electrons. The molecule has 29 heteroatoms. The second kappa shape index (κ2) is 27.0. The zero-order valence-electron chi connectivity index (χ0n) is 52.3. The van der Waals surface area contributed by atoms with E-state index in [9.17, 15) is 46.4 Å². The normalized spacial score (nSPS) is 50.2. The topological polar surface area (TPSA) is 334 Å². The van der Waals surface area contributed by atoms with Crippen LogP contribution in [-0.2, 0) is 90.7 Å². The molecule has 12 saturated heterocycles. The second-order valence-corrected chi connectivity index (χ2v) is 29.9. The molecule has 12 aliphatic heterocycles. The van der Waals surface area contributed by atoms with Crippen LogP contribution in [-0.4, -0.2) is 234 Å². The van der Waals surface area contributed by atoms with Crippen molar-refractivity contribution in [3.63, 3.8) is 0 Å². The number of rotatable bonds is 14. The van der Waals surface area contributed by atoms with Crippen LogP contribution >= 0.6 is 0 Å². The average Bonchev–Trinajstić information content (AvgIpc) is 1.95. The maximum absolute atomic E-state index is 11.9. The van der Waals surface area contributed by atoms with Gasteiger partial charge in [-0.05, 0) is 84.6 Å². The number of hydrogen-bond acceptors (Lipinski definition) is 25. The Labute approximate surface area is 566 Å². The van der Waals surface area contributed by atoms with Crippen LogP contribution in [0.15, 0.2) is 49.1 Å². The molecule has 492 valence electrons. The summed E-state index contributed by atoms with van der Waals surface area (Å²) in [5.41, 5.74) is -4.27. The first-order valence-electron chi connectivity index (χ1n) is 31.1. The van der Waals surface area contributed by atoms with Crippen LogP contribution in [0.25, 0.3) is 0 Å². The maximum Gasteiger partial charge on any atom is 1.00 e. The molecule has 0 bridgehead atoms. The Kier molecular flexibility index (Phi) is 21.8. The molecule has 0 saturated carbocycles. The first kappa shape index (κ1) is 71.8. The van der Waals surface area contributed by atoms with E-state index < -0.39 is 190 Å². The van der Waals surface area contributed by atoms with Gasteiger partial charge in [0.1, 0.15) is 53.9 Å². The summed E-state index contributed by atoms with van der Waals surface area (Å²) in [6.45, 7) is 22.4. The Bertz CT molecular complexity index is 2840. The van der Waals surface area contributed by atoms with Crippen LogP contribution in [0.2, 0.25) is 0 Å². The fourth-order valence-electron chi connectivity index (χ4n) is 16.6. The molecule has 12 fully saturated rings. The first-order chi connectivity index (χ1) is 40.9. The van der Waals surface area contributed by atoms with Gasteiger partial charge >= 0.3 is 59.1 Å². The van der Waals surface area contributed by atoms with Gasteiger partial charge in [0.15, 0.2) is 6.29 Å². The minimum absolute atomic E-state index is 0. The molecule has 12 heterocycles. The Morgan fingerprint density at radius 2 is 1.27 bits per heavy atom. The Morgan fingerprint density at radius 1 is 0.697 bits per heavy atom. The van der Waals surface area contributed by atoms with Crippen molar-refractivity contribution in [2.24, 2.45) is 5.92 Å². The van der Waals surface area contributed by atoms with Gasteiger partial charge < -0.3 is 91.1 Å². The molecule has 0 spiro atoms. The third kappa shape index (κ3) is 14.5. The molecule has 12 aliphatic rings. The first-order valence-corrected chi connectivity index (χ1v) is 33.7. The number of hydrogen-bond donors (Lipinski definition) is 4. The minimum Gasteiger partial charge on any atom is -0.726 e. The van der Waals surface area contributed by atoms with Crippen molar-refractivity contribution in [2.75, 3.05) is 13.2 Å². The summed E-state index contributed by atoms with van der Waals surface area (Å²) >= 11 is 0. The summed E-state index contributed by atoms with van der Waals surface area (Å²) in [5.74, 6) is -0.0470. The van der Waals surface area contributed by atoms with Crippen molar-refractivity contribution in [1.82, 2.24) is 0 Å². The van der Waals surface area contributed by atoms with Gasteiger partial charge in [0.2, 0.25) is 20.8 Å². The SMILES string of the molecule is C=CCC(=C)/C=C/[C@@](C)(O)[C@H]1O[C@@H]2C[C@@H]3O[C@@H]4C[C@@H]5O[C@@H]6C[C@@H]7O[C@@H]8C[C@@H]9O[C@@H]%10C[C@@H]%11O[C@](C)(CCOS(=O)(=O)[O-])[C@@H](OS(=O)(=O)[O-])C[C@H]%11O[C@H]%10C[C@H]9O[C@H]8CC[C@@]7(C)O[C@@]6(C)CC[C@H](C)[C@H]5O[C@H]4[C@@H](O[C@H]4O[C@@H](CO)[C@H](O)[C@H]4O)[C@@]3(C)O[C@H]2CC1=C.[Na+].[Na+]. The van der Waals surface area contributed by atoms with Crippen molar-refractivity contribution in [2.45, 2.75) is 306 Å². The Morgan fingerprint density at radius 3 is 1.90 bits per heavy atom. The van der Waals surface area contributed by atoms with Crippen LogP contribution < -0.4 is 59.1 Å². The number of aliphatic hydroxyl groups excluding tert-OH is 3. The summed E-state index contributed by atoms with van der Waals surface area (Å²) < 4.78 is 169. The van der Waals surface area contributed by atoms with E-state index in [2.05, 4.69) is 44.7 Å². The third-order valence-corrected chi connectivity index (χ3v) is 22.3. The molecule has 0 amide bonds. The van der Waals surface area contributed by atoms with Crippen LogP contribution in [0.5, 0.6) is 0 Å². The van der Waals surface area contributed by atoms with Gasteiger partial charge in [-0.15, -0.1) is 6.58 Å². The van der Waals surface area contributed by atoms with Gasteiger partial charge in [0, 0.05) is 51.4 Å². The molecule has 0 aromatic heterocycles. The van der Waals surface area contributed by atoms with E-state index in [-0.39, 0.29) is 96.2 Å². The third-order valence-electron chi connectivity index (χ3n) is 21.4. The molecule has 30 atom stereocenters. The van der Waals surface area contributed by atoms with E-state index in [4.69, 9.17) is 65.8 Å². The predicted molar refractivity (Wildman–Crippen MR) is 299 cm³/mol. The van der Waals surface area contributed by atoms with Gasteiger partial charge in [-0.3, -0.25) is 8.37 Å². The van der Waals surface area contributed by atoms with Crippen molar-refractivity contribution in [1.29, 1.82) is 0 Å². The standard InChI is InChI=1S/C60H90O25S2.2Na/c1-10-11-29(2)12-15-56(5,64)53-31(4)20-40-39(78-53)26-48-60(9,83-40)54(81-55-50(63)49(62)44(28-61)79-55)52-43(77-48)24-42-51(80-52)30(3)13-16-58(7)46(76-42)27-45-59(8,85-58)17-14-32-33(75-45)21-35-34(72-32)22-36-37(73-35)23-41-38(74-36)25-47(84-87(68,69)70)57(6,82-41)18-19-71-86(65,66)67;;/h10,12,15,30,32-55,61-64H,1-2,4,11,13-14,16-28H2,3,5-9H3,(H,65,66,67)(H,68,69,70);;/q;2*+1/p-2/b15-12+;;/t30-,32-,33+,34+,35-,36-,37+,38+,39+,40-,41-,42-,43+,44-,45-,46+,47-,48-,49-,50+,51+,52+,53-,54+,55+,56+,57+,58-,59+,60-;;/m0../s1. The number of ether oxygens (including phenoxy) is 13. The minimum atomic E-state index is -5.23. The summed E-state index contributed by atoms with van der Waals surface area (Å²) in [5, 5.41) is 44.1. The Hall–Kier alpha value is 0.0200. The molecule has 0 aliphatic carbocycles. The smallest absolute Gasteiger partial charge is 0.726 e. The fourth-order valence-corrected chi connectivity index (χ4v) is 17.4. The van der Waals surface area contributed by atoms with Crippen molar-refractivity contribution in [3.05, 3.63) is 49.1 Å². The quantitative estimate of drug-likeness (QED) is 0.0439. The largest absolute Gasteiger partial charge is 1.00 e. The monoisotopic (exact) mass is 1320 g/mol. The van der Waals surface area contributed by atoms with E-state index >= 15 is 0 Å². The van der Waals surface area contributed by atoms with E-state index in [0.717, 1.165) is 12.0 Å². The average molecular weight is 1320 g/mol. The molecular formula is C60H88Na2O25S2. The molecule has 0 aromatic carbocycles. The summed E-state index contributed by atoms with van der Waals surface area (Å²) in [4.78, 5) is 0. The summed E-state index contributed by atoms with van der Waals surface area (Å²) in [7, 11) is -10.3. The summed E-state index contributed by atoms with van der Waals surface area (Å²) in [6.07, 6.45) is -6.25. The Balaban J connectivity index is 0.00000437. The predicted octanol–water partition coefficient (Wildman–Crippen LogP) is -3.15. The van der Waals surface area contributed by atoms with E-state index in [1.165, 1.54) is 6.92 Å². The second-order valence-electron chi connectivity index (χ2n) is 27.8. The van der Waals surface area contributed by atoms with Crippen LogP contribution in [0.3, 0.4) is 0 Å². The molecule has 25 nitrogen and oxygen atoms in total. The maximum atomic E-state index is 11.9. The van der Waals surface area contributed by atoms with Gasteiger partial charge in [0.05, 0.1) is 128 Å². The number of fused-ring (bicyclic) bond motifs is 10. The number of allylic oxidation sites excluding steroid dienone is 3. The van der Waals surface area contributed by atoms with Crippen LogP contribution in [0, 0.1) is 5.92 Å². The molecule has 4 N–H and O–H groups in total. The molecular weight excluding hydrogens is 1230 g/mol. The van der Waals surface area contributed by atoms with E-state index in [1.807, 2.05) is 6.92 Å². The van der Waals surface area contributed by atoms with Gasteiger partial charge in [-0.25, -0.2) is 16.8 Å². The van der Waals surface area contributed by atoms with Crippen molar-refractivity contribution < 1.29 is 175 Å². The van der Waals surface area contributed by atoms with Crippen LogP contribution in [0.4, 0.5) is 0 Å². The van der Waals surface area contributed by atoms with Crippen LogP contribution in [0.1, 0.15) is 131 Å². The van der Waals surface area contributed by atoms with Crippen molar-refractivity contribution >= 4 is 20.8 Å². The van der Waals surface area contributed by atoms with E-state index in [0.29, 0.717) is 76.2 Å². The van der Waals surface area contributed by atoms with Gasteiger partial charge in [-0.2, -0.15) is 0 Å². The molecule has 89 heavy (non-hydrogen) atoms. The van der Waals surface area contributed by atoms with Crippen molar-refractivity contribution in [3.8, 4) is 0 Å². The zero-order chi connectivity index (χ0) is 62.1. The molecule has 0 unspecified atom stereocenters. The van der Waals surface area contributed by atoms with Gasteiger partial charge in [0.25, 0.3) is 0 Å². The van der Waals surface area contributed by atoms with E-state index in [1.54, 1.807) is 25.2 Å². The molecule has 12 rings (SSSR count). The summed E-state index contributed by atoms with van der Waals surface area (Å²) in [6, 6.07) is 0.